The van der Waals surface area contributed by atoms with E-state index in [1.54, 1.807) is 0 Å². The zero-order valence-electron chi connectivity index (χ0n) is 8.80. The fraction of sp³-hybridized carbons (Fsp3) is 0.385. The van der Waals surface area contributed by atoms with Gasteiger partial charge in [-0.25, -0.2) is 0 Å². The lowest BCUT2D eigenvalue weighted by molar-refractivity contribution is 0.929. The van der Waals surface area contributed by atoms with Crippen molar-refractivity contribution in [1.29, 1.82) is 0 Å². The number of allylic oxidation sites excluding steroid dienone is 2. The summed E-state index contributed by atoms with van der Waals surface area (Å²) in [5, 5.41) is 0. The minimum Gasteiger partial charge on any atom is -0.0887 e. The fourth-order valence-electron chi connectivity index (χ4n) is 1.37. The van der Waals surface area contributed by atoms with Gasteiger partial charge in [-0.1, -0.05) is 35.9 Å². The molecule has 0 nitrogen and oxygen atoms in total. The molecule has 0 aliphatic rings. The Balaban J connectivity index is 2.60. The van der Waals surface area contributed by atoms with E-state index in [9.17, 15) is 0 Å². The number of aryl methyl sites for hydroxylation is 2. The van der Waals surface area contributed by atoms with Crippen LogP contribution in [0.1, 0.15) is 31.4 Å². The van der Waals surface area contributed by atoms with Crippen LogP contribution in [0.4, 0.5) is 0 Å². The van der Waals surface area contributed by atoms with E-state index in [2.05, 4.69) is 51.1 Å². The van der Waals surface area contributed by atoms with Crippen molar-refractivity contribution in [3.05, 3.63) is 47.0 Å². The minimum atomic E-state index is 1.17. The van der Waals surface area contributed by atoms with Crippen LogP contribution >= 0.6 is 0 Å². The van der Waals surface area contributed by atoms with E-state index in [0.29, 0.717) is 0 Å². The van der Waals surface area contributed by atoms with Gasteiger partial charge in [0.2, 0.25) is 0 Å². The predicted octanol–water partition coefficient (Wildman–Crippen LogP) is 3.89. The molecule has 13 heavy (non-hydrogen) atoms. The third-order valence-corrected chi connectivity index (χ3v) is 2.54. The summed E-state index contributed by atoms with van der Waals surface area (Å²) in [4.78, 5) is 0. The van der Waals surface area contributed by atoms with Gasteiger partial charge in [0.25, 0.3) is 0 Å². The highest BCUT2D eigenvalue weighted by atomic mass is 14.0. The zero-order valence-corrected chi connectivity index (χ0v) is 8.80. The van der Waals surface area contributed by atoms with Crippen LogP contribution in [0.25, 0.3) is 0 Å². The molecular weight excluding hydrogens is 156 g/mol. The molecule has 0 heterocycles. The maximum Gasteiger partial charge on any atom is -0.0239 e. The van der Waals surface area contributed by atoms with E-state index < -0.39 is 0 Å². The Morgan fingerprint density at radius 3 is 2.62 bits per heavy atom. The SMILES string of the molecule is C/C=C(\C)CCc1ccccc1C. The van der Waals surface area contributed by atoms with E-state index in [0.717, 1.165) is 0 Å². The molecule has 0 bridgehead atoms. The number of rotatable bonds is 3. The molecule has 0 saturated carbocycles. The molecule has 0 aliphatic heterocycles. The summed E-state index contributed by atoms with van der Waals surface area (Å²) in [7, 11) is 0. The number of benzene rings is 1. The van der Waals surface area contributed by atoms with Gasteiger partial charge in [-0.15, -0.1) is 0 Å². The summed E-state index contributed by atoms with van der Waals surface area (Å²) in [5.41, 5.74) is 4.36. The van der Waals surface area contributed by atoms with Gasteiger partial charge in [-0.2, -0.15) is 0 Å². The topological polar surface area (TPSA) is 0 Å². The highest BCUT2D eigenvalue weighted by molar-refractivity contribution is 5.26. The van der Waals surface area contributed by atoms with Crippen LogP contribution in [0.2, 0.25) is 0 Å². The van der Waals surface area contributed by atoms with E-state index >= 15 is 0 Å². The Morgan fingerprint density at radius 2 is 2.00 bits per heavy atom. The molecule has 0 aliphatic carbocycles. The van der Waals surface area contributed by atoms with Gasteiger partial charge in [0.15, 0.2) is 0 Å². The Morgan fingerprint density at radius 1 is 1.31 bits per heavy atom. The third-order valence-electron chi connectivity index (χ3n) is 2.54. The third kappa shape index (κ3) is 3.06. The average Bonchev–Trinajstić information content (AvgIpc) is 2.16. The average molecular weight is 174 g/mol. The number of hydrogen-bond donors (Lipinski definition) is 0. The molecule has 0 fully saturated rings. The molecule has 0 spiro atoms. The van der Waals surface area contributed by atoms with E-state index in [1.165, 1.54) is 29.5 Å². The van der Waals surface area contributed by atoms with Crippen molar-refractivity contribution in [3.8, 4) is 0 Å². The van der Waals surface area contributed by atoms with Gasteiger partial charge in [-0.05, 0) is 44.7 Å². The lowest BCUT2D eigenvalue weighted by atomic mass is 10.0. The summed E-state index contributed by atoms with van der Waals surface area (Å²) >= 11 is 0. The molecule has 70 valence electrons. The number of hydrogen-bond acceptors (Lipinski definition) is 0. The highest BCUT2D eigenvalue weighted by Crippen LogP contribution is 2.12. The minimum absolute atomic E-state index is 1.17. The second-order valence-electron chi connectivity index (χ2n) is 3.56. The lowest BCUT2D eigenvalue weighted by Crippen LogP contribution is -1.89. The van der Waals surface area contributed by atoms with Crippen LogP contribution < -0.4 is 0 Å². The van der Waals surface area contributed by atoms with E-state index in [4.69, 9.17) is 0 Å². The van der Waals surface area contributed by atoms with Crippen molar-refractivity contribution in [1.82, 2.24) is 0 Å². The Kier molecular flexibility index (Phi) is 3.75. The maximum absolute atomic E-state index is 2.22. The normalized spacial score (nSPS) is 11.8. The van der Waals surface area contributed by atoms with Crippen LogP contribution in [0.5, 0.6) is 0 Å². The molecule has 0 radical (unpaired) electrons. The van der Waals surface area contributed by atoms with Crippen LogP contribution in [0, 0.1) is 6.92 Å². The van der Waals surface area contributed by atoms with E-state index in [1.807, 2.05) is 0 Å². The summed E-state index contributed by atoms with van der Waals surface area (Å²) in [6.45, 7) is 6.48. The first kappa shape index (κ1) is 10.0. The van der Waals surface area contributed by atoms with E-state index in [-0.39, 0.29) is 0 Å². The van der Waals surface area contributed by atoms with Gasteiger partial charge in [-0.3, -0.25) is 0 Å². The standard InChI is InChI=1S/C13H18/c1-4-11(2)9-10-13-8-6-5-7-12(13)3/h4-8H,9-10H2,1-3H3/b11-4+. The molecule has 0 aromatic heterocycles. The first-order valence-electron chi connectivity index (χ1n) is 4.90. The second-order valence-corrected chi connectivity index (χ2v) is 3.56. The van der Waals surface area contributed by atoms with Crippen molar-refractivity contribution in [2.75, 3.05) is 0 Å². The van der Waals surface area contributed by atoms with Crippen molar-refractivity contribution in [3.63, 3.8) is 0 Å². The van der Waals surface area contributed by atoms with Crippen LogP contribution in [-0.4, -0.2) is 0 Å². The zero-order chi connectivity index (χ0) is 9.68. The van der Waals surface area contributed by atoms with Crippen molar-refractivity contribution in [2.24, 2.45) is 0 Å². The smallest absolute Gasteiger partial charge is 0.0239 e. The molecule has 0 N–H and O–H groups in total. The predicted molar refractivity (Wildman–Crippen MR) is 58.9 cm³/mol. The Bertz CT molecular complexity index is 295. The monoisotopic (exact) mass is 174 g/mol. The largest absolute Gasteiger partial charge is 0.0887 e. The highest BCUT2D eigenvalue weighted by Gasteiger charge is 1.96. The molecule has 1 rings (SSSR count). The Hall–Kier alpha value is -1.04. The van der Waals surface area contributed by atoms with Crippen molar-refractivity contribution >= 4 is 0 Å². The molecule has 0 saturated heterocycles. The van der Waals surface area contributed by atoms with Crippen molar-refractivity contribution < 1.29 is 0 Å². The molecule has 1 aromatic carbocycles. The van der Waals surface area contributed by atoms with Gasteiger partial charge >= 0.3 is 0 Å². The quantitative estimate of drug-likeness (QED) is 0.610. The summed E-state index contributed by atoms with van der Waals surface area (Å²) < 4.78 is 0. The molecular formula is C13H18. The van der Waals surface area contributed by atoms with Gasteiger partial charge in [0, 0.05) is 0 Å². The first-order valence-corrected chi connectivity index (χ1v) is 4.90. The summed E-state index contributed by atoms with van der Waals surface area (Å²) in [5.74, 6) is 0. The first-order chi connectivity index (χ1) is 6.24. The molecule has 0 heteroatoms. The molecule has 0 atom stereocenters. The van der Waals surface area contributed by atoms with Crippen LogP contribution in [0.15, 0.2) is 35.9 Å². The Labute approximate surface area is 81.3 Å². The second kappa shape index (κ2) is 4.86. The molecule has 0 amide bonds. The van der Waals surface area contributed by atoms with Gasteiger partial charge < -0.3 is 0 Å². The lowest BCUT2D eigenvalue weighted by Gasteiger charge is -2.04. The van der Waals surface area contributed by atoms with Gasteiger partial charge in [0.05, 0.1) is 0 Å². The fourth-order valence-corrected chi connectivity index (χ4v) is 1.37. The van der Waals surface area contributed by atoms with Gasteiger partial charge in [0.1, 0.15) is 0 Å². The summed E-state index contributed by atoms with van der Waals surface area (Å²) in [6.07, 6.45) is 4.54. The summed E-state index contributed by atoms with van der Waals surface area (Å²) in [6, 6.07) is 8.62. The maximum atomic E-state index is 2.22. The van der Waals surface area contributed by atoms with Crippen LogP contribution in [0.3, 0.4) is 0 Å². The van der Waals surface area contributed by atoms with Crippen LogP contribution in [-0.2, 0) is 6.42 Å². The van der Waals surface area contributed by atoms with Crippen molar-refractivity contribution in [2.45, 2.75) is 33.6 Å². The molecule has 1 aromatic rings. The molecule has 0 unspecified atom stereocenters.